The summed E-state index contributed by atoms with van der Waals surface area (Å²) in [5, 5.41) is 0.803. The molecule has 0 unspecified atom stereocenters. The highest BCUT2D eigenvalue weighted by Crippen LogP contribution is 2.40. The van der Waals surface area contributed by atoms with Crippen LogP contribution in [0, 0.1) is 5.92 Å². The SMILES string of the molecule is Clc1ccc(-c2cccc3c2CC(C2CCCCC2)=C3)cc1. The molecule has 0 radical (unpaired) electrons. The Bertz CT molecular complexity index is 703. The smallest absolute Gasteiger partial charge is 0.0406 e. The first kappa shape index (κ1) is 14.1. The first-order valence-electron chi connectivity index (χ1n) is 8.39. The van der Waals surface area contributed by atoms with Crippen LogP contribution < -0.4 is 0 Å². The minimum absolute atomic E-state index is 0.803. The summed E-state index contributed by atoms with van der Waals surface area (Å²) in [6.07, 6.45) is 10.6. The molecule has 22 heavy (non-hydrogen) atoms. The molecule has 2 aliphatic carbocycles. The van der Waals surface area contributed by atoms with E-state index in [2.05, 4.69) is 36.4 Å². The Hall–Kier alpha value is -1.53. The van der Waals surface area contributed by atoms with Crippen LogP contribution in [0.3, 0.4) is 0 Å². The number of rotatable bonds is 2. The van der Waals surface area contributed by atoms with Crippen molar-refractivity contribution < 1.29 is 0 Å². The van der Waals surface area contributed by atoms with Gasteiger partial charge in [0.05, 0.1) is 0 Å². The second-order valence-corrected chi connectivity index (χ2v) is 7.05. The lowest BCUT2D eigenvalue weighted by Crippen LogP contribution is -2.09. The molecule has 0 heterocycles. The van der Waals surface area contributed by atoms with Crippen LogP contribution in [-0.4, -0.2) is 0 Å². The predicted octanol–water partition coefficient (Wildman–Crippen LogP) is 6.53. The molecule has 0 N–H and O–H groups in total. The minimum Gasteiger partial charge on any atom is -0.0843 e. The Balaban J connectivity index is 1.66. The number of hydrogen-bond donors (Lipinski definition) is 0. The van der Waals surface area contributed by atoms with E-state index in [0.717, 1.165) is 17.4 Å². The summed E-state index contributed by atoms with van der Waals surface area (Å²) in [4.78, 5) is 0. The van der Waals surface area contributed by atoms with E-state index in [1.54, 1.807) is 5.57 Å². The highest BCUT2D eigenvalue weighted by Gasteiger charge is 2.24. The third-order valence-electron chi connectivity index (χ3n) is 5.22. The normalized spacial score (nSPS) is 18.1. The molecule has 1 fully saturated rings. The van der Waals surface area contributed by atoms with E-state index in [4.69, 9.17) is 11.6 Å². The lowest BCUT2D eigenvalue weighted by atomic mass is 9.83. The molecule has 0 atom stereocenters. The van der Waals surface area contributed by atoms with Gasteiger partial charge in [0.25, 0.3) is 0 Å². The lowest BCUT2D eigenvalue weighted by molar-refractivity contribution is 0.401. The quantitative estimate of drug-likeness (QED) is 0.592. The zero-order chi connectivity index (χ0) is 14.9. The summed E-state index contributed by atoms with van der Waals surface area (Å²) in [7, 11) is 0. The van der Waals surface area contributed by atoms with Gasteiger partial charge in [-0.15, -0.1) is 0 Å². The van der Waals surface area contributed by atoms with E-state index in [1.165, 1.54) is 54.4 Å². The average Bonchev–Trinajstić information content (AvgIpc) is 3.01. The van der Waals surface area contributed by atoms with Gasteiger partial charge in [-0.3, -0.25) is 0 Å². The summed E-state index contributed by atoms with van der Waals surface area (Å²) in [6, 6.07) is 14.9. The first-order valence-corrected chi connectivity index (χ1v) is 8.77. The monoisotopic (exact) mass is 308 g/mol. The van der Waals surface area contributed by atoms with Crippen LogP contribution in [0.15, 0.2) is 48.0 Å². The van der Waals surface area contributed by atoms with Crippen LogP contribution in [0.4, 0.5) is 0 Å². The molecule has 0 spiro atoms. The number of fused-ring (bicyclic) bond motifs is 1. The molecule has 0 amide bonds. The summed E-state index contributed by atoms with van der Waals surface area (Å²) in [5.41, 5.74) is 7.24. The third-order valence-corrected chi connectivity index (χ3v) is 5.47. The van der Waals surface area contributed by atoms with Crippen molar-refractivity contribution in [1.29, 1.82) is 0 Å². The van der Waals surface area contributed by atoms with Gasteiger partial charge < -0.3 is 0 Å². The van der Waals surface area contributed by atoms with Crippen molar-refractivity contribution in [2.75, 3.05) is 0 Å². The van der Waals surface area contributed by atoms with E-state index in [-0.39, 0.29) is 0 Å². The Morgan fingerprint density at radius 2 is 1.64 bits per heavy atom. The molecule has 0 nitrogen and oxygen atoms in total. The number of hydrogen-bond acceptors (Lipinski definition) is 0. The molecular weight excluding hydrogens is 288 g/mol. The van der Waals surface area contributed by atoms with Crippen molar-refractivity contribution in [3.63, 3.8) is 0 Å². The fraction of sp³-hybridized carbons (Fsp3) is 0.333. The Kier molecular flexibility index (Phi) is 3.80. The number of allylic oxidation sites excluding steroid dienone is 1. The number of halogens is 1. The molecular formula is C21H21Cl. The predicted molar refractivity (Wildman–Crippen MR) is 95.1 cm³/mol. The second-order valence-electron chi connectivity index (χ2n) is 6.61. The highest BCUT2D eigenvalue weighted by atomic mass is 35.5. The van der Waals surface area contributed by atoms with Gasteiger partial charge in [0.15, 0.2) is 0 Å². The zero-order valence-corrected chi connectivity index (χ0v) is 13.6. The van der Waals surface area contributed by atoms with Crippen LogP contribution in [0.1, 0.15) is 43.2 Å². The van der Waals surface area contributed by atoms with Gasteiger partial charge >= 0.3 is 0 Å². The van der Waals surface area contributed by atoms with E-state index in [1.807, 2.05) is 12.1 Å². The standard InChI is InChI=1S/C21H21Cl/c22-19-11-9-16(10-12-19)20-8-4-7-17-13-18(14-21(17)20)15-5-2-1-3-6-15/h4,7-13,15H,1-3,5-6,14H2. The Labute approximate surface area is 137 Å². The third kappa shape index (κ3) is 2.61. The van der Waals surface area contributed by atoms with E-state index >= 15 is 0 Å². The average molecular weight is 309 g/mol. The summed E-state index contributed by atoms with van der Waals surface area (Å²) >= 11 is 6.03. The largest absolute Gasteiger partial charge is 0.0843 e. The van der Waals surface area contributed by atoms with Crippen LogP contribution in [-0.2, 0) is 6.42 Å². The van der Waals surface area contributed by atoms with E-state index in [0.29, 0.717) is 0 Å². The maximum atomic E-state index is 6.03. The van der Waals surface area contributed by atoms with Gasteiger partial charge in [-0.05, 0) is 59.6 Å². The number of benzene rings is 2. The summed E-state index contributed by atoms with van der Waals surface area (Å²) < 4.78 is 0. The zero-order valence-electron chi connectivity index (χ0n) is 12.8. The molecule has 0 aromatic heterocycles. The molecule has 2 aliphatic rings. The molecule has 1 saturated carbocycles. The highest BCUT2D eigenvalue weighted by molar-refractivity contribution is 6.30. The molecule has 2 aromatic carbocycles. The van der Waals surface area contributed by atoms with Crippen LogP contribution in [0.25, 0.3) is 17.2 Å². The molecule has 0 saturated heterocycles. The van der Waals surface area contributed by atoms with Crippen molar-refractivity contribution in [2.24, 2.45) is 5.92 Å². The molecule has 112 valence electrons. The molecule has 0 bridgehead atoms. The Morgan fingerprint density at radius 1 is 0.864 bits per heavy atom. The van der Waals surface area contributed by atoms with Crippen molar-refractivity contribution in [3.8, 4) is 11.1 Å². The van der Waals surface area contributed by atoms with Crippen molar-refractivity contribution >= 4 is 17.7 Å². The van der Waals surface area contributed by atoms with Crippen LogP contribution in [0.2, 0.25) is 5.02 Å². The van der Waals surface area contributed by atoms with Gasteiger partial charge in [0, 0.05) is 5.02 Å². The first-order chi connectivity index (χ1) is 10.8. The minimum atomic E-state index is 0.803. The lowest BCUT2D eigenvalue weighted by Gasteiger charge is -2.23. The van der Waals surface area contributed by atoms with Crippen LogP contribution in [0.5, 0.6) is 0 Å². The topological polar surface area (TPSA) is 0 Å². The van der Waals surface area contributed by atoms with Crippen molar-refractivity contribution in [3.05, 3.63) is 64.2 Å². The fourth-order valence-electron chi connectivity index (χ4n) is 4.03. The molecule has 0 aliphatic heterocycles. The summed E-state index contributed by atoms with van der Waals surface area (Å²) in [6.45, 7) is 0. The summed E-state index contributed by atoms with van der Waals surface area (Å²) in [5.74, 6) is 0.819. The maximum absolute atomic E-state index is 6.03. The van der Waals surface area contributed by atoms with Crippen LogP contribution >= 0.6 is 11.6 Å². The molecule has 1 heteroatoms. The van der Waals surface area contributed by atoms with E-state index in [9.17, 15) is 0 Å². The van der Waals surface area contributed by atoms with Gasteiger partial charge in [-0.25, -0.2) is 0 Å². The van der Waals surface area contributed by atoms with Crippen molar-refractivity contribution in [2.45, 2.75) is 38.5 Å². The van der Waals surface area contributed by atoms with Crippen molar-refractivity contribution in [1.82, 2.24) is 0 Å². The fourth-order valence-corrected chi connectivity index (χ4v) is 4.15. The second kappa shape index (κ2) is 5.93. The van der Waals surface area contributed by atoms with Gasteiger partial charge in [0.2, 0.25) is 0 Å². The van der Waals surface area contributed by atoms with E-state index < -0.39 is 0 Å². The Morgan fingerprint density at radius 3 is 2.41 bits per heavy atom. The van der Waals surface area contributed by atoms with Gasteiger partial charge in [-0.2, -0.15) is 0 Å². The maximum Gasteiger partial charge on any atom is 0.0406 e. The van der Waals surface area contributed by atoms with Gasteiger partial charge in [0.1, 0.15) is 0 Å². The van der Waals surface area contributed by atoms with Gasteiger partial charge in [-0.1, -0.05) is 72.8 Å². The molecule has 4 rings (SSSR count). The molecule has 2 aromatic rings.